The van der Waals surface area contributed by atoms with Crippen LogP contribution in [0.15, 0.2) is 34.1 Å². The lowest BCUT2D eigenvalue weighted by atomic mass is 10.0. The zero-order valence-electron chi connectivity index (χ0n) is 9.13. The first-order chi connectivity index (χ1) is 7.58. The van der Waals surface area contributed by atoms with Crippen molar-refractivity contribution in [2.75, 3.05) is 0 Å². The maximum atomic E-state index is 3.77. The Labute approximate surface area is 117 Å². The second-order valence-electron chi connectivity index (χ2n) is 3.84. The van der Waals surface area contributed by atoms with E-state index in [4.69, 9.17) is 0 Å². The minimum Gasteiger partial charge on any atom is -0.133 e. The summed E-state index contributed by atoms with van der Waals surface area (Å²) in [7, 11) is 0. The fourth-order valence-corrected chi connectivity index (χ4v) is 4.31. The lowest BCUT2D eigenvalue weighted by Gasteiger charge is -2.10. The van der Waals surface area contributed by atoms with Gasteiger partial charge in [0.1, 0.15) is 0 Å². The molecule has 0 bridgehead atoms. The van der Waals surface area contributed by atoms with Crippen LogP contribution in [0.4, 0.5) is 0 Å². The summed E-state index contributed by atoms with van der Waals surface area (Å²) in [5.74, 6) is 0. The second-order valence-corrected chi connectivity index (χ2v) is 7.39. The van der Waals surface area contributed by atoms with Crippen molar-refractivity contribution in [2.45, 2.75) is 18.7 Å². The van der Waals surface area contributed by atoms with Crippen molar-refractivity contribution in [2.24, 2.45) is 0 Å². The molecule has 1 aromatic heterocycles. The number of thiophene rings is 1. The highest BCUT2D eigenvalue weighted by atomic mass is 79.9. The Morgan fingerprint density at radius 3 is 2.25 bits per heavy atom. The van der Waals surface area contributed by atoms with Gasteiger partial charge in [-0.3, -0.25) is 0 Å². The summed E-state index contributed by atoms with van der Waals surface area (Å²) >= 11 is 9.08. The summed E-state index contributed by atoms with van der Waals surface area (Å²) in [6.07, 6.45) is 0. The summed E-state index contributed by atoms with van der Waals surface area (Å²) in [5, 5.41) is 0. The molecule has 16 heavy (non-hydrogen) atoms. The standard InChI is InChI=1S/C13H12Br2S/c1-8-3-5-10(6-4-8)13(15)11-7-12(14)16-9(11)2/h3-7,13H,1-2H3. The number of halogens is 2. The van der Waals surface area contributed by atoms with Gasteiger partial charge in [-0.15, -0.1) is 11.3 Å². The molecule has 1 heterocycles. The van der Waals surface area contributed by atoms with Gasteiger partial charge < -0.3 is 0 Å². The third kappa shape index (κ3) is 2.58. The van der Waals surface area contributed by atoms with Crippen LogP contribution < -0.4 is 0 Å². The minimum absolute atomic E-state index is 0.288. The molecule has 2 aromatic rings. The third-order valence-electron chi connectivity index (χ3n) is 2.57. The van der Waals surface area contributed by atoms with Crippen molar-refractivity contribution in [3.05, 3.63) is 55.7 Å². The van der Waals surface area contributed by atoms with Gasteiger partial charge in [0.05, 0.1) is 8.61 Å². The Hall–Kier alpha value is -0.120. The molecule has 0 aliphatic heterocycles. The number of alkyl halides is 1. The molecule has 0 aliphatic rings. The molecular formula is C13H12Br2S. The van der Waals surface area contributed by atoms with E-state index >= 15 is 0 Å². The van der Waals surface area contributed by atoms with Crippen LogP contribution >= 0.6 is 43.2 Å². The molecule has 0 spiro atoms. The monoisotopic (exact) mass is 358 g/mol. The number of aryl methyl sites for hydroxylation is 2. The van der Waals surface area contributed by atoms with Crippen molar-refractivity contribution in [3.8, 4) is 0 Å². The number of hydrogen-bond donors (Lipinski definition) is 0. The topological polar surface area (TPSA) is 0 Å². The zero-order valence-corrected chi connectivity index (χ0v) is 13.1. The highest BCUT2D eigenvalue weighted by Gasteiger charge is 2.14. The van der Waals surface area contributed by atoms with E-state index in [1.54, 1.807) is 11.3 Å². The van der Waals surface area contributed by atoms with Crippen LogP contribution in [-0.2, 0) is 0 Å². The van der Waals surface area contributed by atoms with Gasteiger partial charge in [-0.05, 0) is 47.0 Å². The second kappa shape index (κ2) is 5.03. The van der Waals surface area contributed by atoms with E-state index in [1.165, 1.54) is 25.4 Å². The summed E-state index contributed by atoms with van der Waals surface area (Å²) < 4.78 is 1.19. The molecule has 0 amide bonds. The van der Waals surface area contributed by atoms with Crippen molar-refractivity contribution >= 4 is 43.2 Å². The number of hydrogen-bond acceptors (Lipinski definition) is 1. The van der Waals surface area contributed by atoms with Gasteiger partial charge in [0.15, 0.2) is 0 Å². The van der Waals surface area contributed by atoms with E-state index in [0.29, 0.717) is 0 Å². The van der Waals surface area contributed by atoms with E-state index in [0.717, 1.165) is 0 Å². The molecule has 1 atom stereocenters. The highest BCUT2D eigenvalue weighted by Crippen LogP contribution is 2.38. The lowest BCUT2D eigenvalue weighted by molar-refractivity contribution is 1.16. The van der Waals surface area contributed by atoms with Crippen molar-refractivity contribution in [1.29, 1.82) is 0 Å². The van der Waals surface area contributed by atoms with E-state index < -0.39 is 0 Å². The van der Waals surface area contributed by atoms with Crippen molar-refractivity contribution < 1.29 is 0 Å². The molecule has 3 heteroatoms. The number of rotatable bonds is 2. The predicted molar refractivity (Wildman–Crippen MR) is 78.7 cm³/mol. The van der Waals surface area contributed by atoms with Gasteiger partial charge in [-0.1, -0.05) is 45.8 Å². The fourth-order valence-electron chi connectivity index (χ4n) is 1.63. The Kier molecular flexibility index (Phi) is 3.88. The average Bonchev–Trinajstić information content (AvgIpc) is 2.58. The van der Waals surface area contributed by atoms with E-state index in [-0.39, 0.29) is 4.83 Å². The molecule has 0 fully saturated rings. The van der Waals surface area contributed by atoms with Crippen LogP contribution in [0.25, 0.3) is 0 Å². The molecule has 0 aliphatic carbocycles. The van der Waals surface area contributed by atoms with Crippen LogP contribution in [0.3, 0.4) is 0 Å². The molecule has 0 saturated heterocycles. The molecule has 0 saturated carbocycles. The fraction of sp³-hybridized carbons (Fsp3) is 0.231. The predicted octanol–water partition coefficient (Wildman–Crippen LogP) is 5.61. The first-order valence-electron chi connectivity index (χ1n) is 5.04. The molecule has 0 N–H and O–H groups in total. The van der Waals surface area contributed by atoms with Gasteiger partial charge in [-0.2, -0.15) is 0 Å². The maximum absolute atomic E-state index is 3.77. The molecule has 0 nitrogen and oxygen atoms in total. The summed E-state index contributed by atoms with van der Waals surface area (Å²) in [5.41, 5.74) is 3.95. The van der Waals surface area contributed by atoms with E-state index in [2.05, 4.69) is 76.0 Å². The molecule has 84 valence electrons. The first-order valence-corrected chi connectivity index (χ1v) is 7.57. The molecule has 2 rings (SSSR count). The zero-order chi connectivity index (χ0) is 11.7. The molecule has 1 aromatic carbocycles. The minimum atomic E-state index is 0.288. The van der Waals surface area contributed by atoms with Crippen molar-refractivity contribution in [3.63, 3.8) is 0 Å². The summed E-state index contributed by atoms with van der Waals surface area (Å²) in [6.45, 7) is 4.27. The van der Waals surface area contributed by atoms with Gasteiger partial charge in [0, 0.05) is 4.88 Å². The number of benzene rings is 1. The first kappa shape index (κ1) is 12.3. The van der Waals surface area contributed by atoms with Crippen LogP contribution in [0.5, 0.6) is 0 Å². The Balaban J connectivity index is 2.35. The molecule has 0 radical (unpaired) electrons. The smallest absolute Gasteiger partial charge is 0.0704 e. The van der Waals surface area contributed by atoms with Crippen LogP contribution in [0, 0.1) is 13.8 Å². The van der Waals surface area contributed by atoms with Gasteiger partial charge in [0.25, 0.3) is 0 Å². The Morgan fingerprint density at radius 2 is 1.75 bits per heavy atom. The SMILES string of the molecule is Cc1ccc(C(Br)c2cc(Br)sc2C)cc1. The average molecular weight is 360 g/mol. The largest absolute Gasteiger partial charge is 0.133 e. The third-order valence-corrected chi connectivity index (χ3v) is 5.16. The Morgan fingerprint density at radius 1 is 1.12 bits per heavy atom. The summed E-state index contributed by atoms with van der Waals surface area (Å²) in [6, 6.07) is 10.9. The maximum Gasteiger partial charge on any atom is 0.0704 e. The van der Waals surface area contributed by atoms with Gasteiger partial charge >= 0.3 is 0 Å². The van der Waals surface area contributed by atoms with Crippen molar-refractivity contribution in [1.82, 2.24) is 0 Å². The highest BCUT2D eigenvalue weighted by molar-refractivity contribution is 9.11. The van der Waals surface area contributed by atoms with Crippen LogP contribution in [-0.4, -0.2) is 0 Å². The lowest BCUT2D eigenvalue weighted by Crippen LogP contribution is -1.92. The van der Waals surface area contributed by atoms with Gasteiger partial charge in [0.2, 0.25) is 0 Å². The molecular weight excluding hydrogens is 348 g/mol. The Bertz CT molecular complexity index is 485. The van der Waals surface area contributed by atoms with Crippen LogP contribution in [0.2, 0.25) is 0 Å². The van der Waals surface area contributed by atoms with E-state index in [1.807, 2.05) is 0 Å². The van der Waals surface area contributed by atoms with Gasteiger partial charge in [-0.25, -0.2) is 0 Å². The van der Waals surface area contributed by atoms with E-state index in [9.17, 15) is 0 Å². The molecule has 1 unspecified atom stereocenters. The van der Waals surface area contributed by atoms with Crippen LogP contribution in [0.1, 0.15) is 26.4 Å². The summed E-state index contributed by atoms with van der Waals surface area (Å²) in [4.78, 5) is 1.64. The quantitative estimate of drug-likeness (QED) is 0.611. The normalized spacial score (nSPS) is 12.8.